The van der Waals surface area contributed by atoms with Crippen LogP contribution in [0.5, 0.6) is 0 Å². The van der Waals surface area contributed by atoms with E-state index in [4.69, 9.17) is 0 Å². The minimum atomic E-state index is -4.68. The Morgan fingerprint density at radius 3 is 2.55 bits per heavy atom. The molecule has 1 aromatic heterocycles. The monoisotopic (exact) mass is 438 g/mol. The first-order chi connectivity index (χ1) is 13.8. The number of amides is 1. The summed E-state index contributed by atoms with van der Waals surface area (Å²) in [5.74, 6) is -0.612. The Kier molecular flexibility index (Phi) is 6.23. The van der Waals surface area contributed by atoms with Gasteiger partial charge in [-0.15, -0.1) is 23.1 Å². The van der Waals surface area contributed by atoms with Crippen LogP contribution in [0, 0.1) is 10.1 Å². The van der Waals surface area contributed by atoms with Gasteiger partial charge in [0.25, 0.3) is 5.69 Å². The molecule has 0 aliphatic rings. The number of nitrogens with one attached hydrogen (secondary N) is 1. The van der Waals surface area contributed by atoms with Gasteiger partial charge < -0.3 is 5.32 Å². The lowest BCUT2D eigenvalue weighted by atomic mass is 10.1. The van der Waals surface area contributed by atoms with Gasteiger partial charge in [0.15, 0.2) is 0 Å². The third-order valence-electron chi connectivity index (χ3n) is 3.83. The van der Waals surface area contributed by atoms with Crippen molar-refractivity contribution in [1.29, 1.82) is 0 Å². The summed E-state index contributed by atoms with van der Waals surface area (Å²) >= 11 is 2.32. The summed E-state index contributed by atoms with van der Waals surface area (Å²) in [6.07, 6.45) is -4.68. The molecule has 0 saturated carbocycles. The first kappa shape index (κ1) is 20.9. The van der Waals surface area contributed by atoms with Crippen molar-refractivity contribution < 1.29 is 22.9 Å². The summed E-state index contributed by atoms with van der Waals surface area (Å²) in [7, 11) is 0. The summed E-state index contributed by atoms with van der Waals surface area (Å²) in [6, 6.07) is 13.2. The van der Waals surface area contributed by atoms with Gasteiger partial charge in [-0.25, -0.2) is 0 Å². The number of carbonyl (C=O) groups excluding carboxylic acids is 1. The van der Waals surface area contributed by atoms with E-state index in [0.29, 0.717) is 11.8 Å². The fourth-order valence-electron chi connectivity index (χ4n) is 2.53. The lowest BCUT2D eigenvalue weighted by Gasteiger charge is -2.11. The molecule has 0 aliphatic heterocycles. The van der Waals surface area contributed by atoms with Gasteiger partial charge in [0.1, 0.15) is 0 Å². The minimum Gasteiger partial charge on any atom is -0.325 e. The summed E-state index contributed by atoms with van der Waals surface area (Å²) in [5.41, 5.74) is -0.372. The molecular formula is C19H13F3N2O3S2. The number of thioether (sulfide) groups is 1. The van der Waals surface area contributed by atoms with Crippen molar-refractivity contribution in [2.24, 2.45) is 0 Å². The number of carbonyl (C=O) groups is 1. The zero-order valence-electron chi connectivity index (χ0n) is 14.6. The minimum absolute atomic E-state index is 0.00954. The van der Waals surface area contributed by atoms with E-state index in [2.05, 4.69) is 5.32 Å². The van der Waals surface area contributed by atoms with Crippen molar-refractivity contribution >= 4 is 40.4 Å². The highest BCUT2D eigenvalue weighted by Crippen LogP contribution is 2.37. The van der Waals surface area contributed by atoms with E-state index in [1.807, 2.05) is 29.6 Å². The molecular weight excluding hydrogens is 425 g/mol. The highest BCUT2D eigenvalue weighted by molar-refractivity contribution is 8.00. The number of hydrogen-bond acceptors (Lipinski definition) is 5. The maximum atomic E-state index is 12.8. The van der Waals surface area contributed by atoms with Crippen LogP contribution in [0.4, 0.5) is 24.5 Å². The molecule has 1 N–H and O–H groups in total. The first-order valence-electron chi connectivity index (χ1n) is 8.17. The molecule has 150 valence electrons. The molecule has 3 aromatic rings. The molecule has 0 radical (unpaired) electrons. The summed E-state index contributed by atoms with van der Waals surface area (Å²) in [5, 5.41) is 15.8. The van der Waals surface area contributed by atoms with E-state index < -0.39 is 28.3 Å². The van der Waals surface area contributed by atoms with Gasteiger partial charge in [-0.2, -0.15) is 13.2 Å². The zero-order valence-corrected chi connectivity index (χ0v) is 16.2. The number of anilines is 1. The van der Waals surface area contributed by atoms with Crippen molar-refractivity contribution in [1.82, 2.24) is 0 Å². The standard InChI is InChI=1S/C19H13F3N2O3S2/c20-19(21,22)12-7-8-17(15(10-12)24(26)27)29-11-18(25)23-14-5-2-1-4-13(14)16-6-3-9-28-16/h1-10H,11H2,(H,23,25). The number of para-hydroxylation sites is 1. The molecule has 0 saturated heterocycles. The van der Waals surface area contributed by atoms with Gasteiger partial charge in [-0.3, -0.25) is 14.9 Å². The van der Waals surface area contributed by atoms with Gasteiger partial charge >= 0.3 is 6.18 Å². The molecule has 1 amide bonds. The third-order valence-corrected chi connectivity index (χ3v) is 5.80. The number of hydrogen-bond donors (Lipinski definition) is 1. The number of benzene rings is 2. The largest absolute Gasteiger partial charge is 0.416 e. The van der Waals surface area contributed by atoms with Gasteiger partial charge in [-0.1, -0.05) is 24.3 Å². The van der Waals surface area contributed by atoms with E-state index in [9.17, 15) is 28.1 Å². The Morgan fingerprint density at radius 2 is 1.90 bits per heavy atom. The molecule has 1 heterocycles. The van der Waals surface area contributed by atoms with Crippen LogP contribution in [0.3, 0.4) is 0 Å². The molecule has 0 fully saturated rings. The Morgan fingerprint density at radius 1 is 1.14 bits per heavy atom. The van der Waals surface area contributed by atoms with E-state index in [1.54, 1.807) is 12.1 Å². The van der Waals surface area contributed by atoms with Crippen LogP contribution >= 0.6 is 23.1 Å². The summed E-state index contributed by atoms with van der Waals surface area (Å²) in [6.45, 7) is 0. The molecule has 0 bridgehead atoms. The highest BCUT2D eigenvalue weighted by atomic mass is 32.2. The molecule has 10 heteroatoms. The Balaban J connectivity index is 1.73. The van der Waals surface area contributed by atoms with Gasteiger partial charge in [0, 0.05) is 22.2 Å². The van der Waals surface area contributed by atoms with Crippen molar-refractivity contribution in [2.75, 3.05) is 11.1 Å². The molecule has 0 spiro atoms. The first-order valence-corrected chi connectivity index (χ1v) is 10.0. The predicted octanol–water partition coefficient (Wildman–Crippen LogP) is 6.07. The second kappa shape index (κ2) is 8.66. The van der Waals surface area contributed by atoms with Crippen LogP contribution in [-0.2, 0) is 11.0 Å². The van der Waals surface area contributed by atoms with Crippen molar-refractivity contribution in [3.63, 3.8) is 0 Å². The van der Waals surface area contributed by atoms with Crippen molar-refractivity contribution in [3.05, 3.63) is 75.7 Å². The van der Waals surface area contributed by atoms with Crippen LogP contribution in [-0.4, -0.2) is 16.6 Å². The van der Waals surface area contributed by atoms with Crippen molar-refractivity contribution in [2.45, 2.75) is 11.1 Å². The quantitative estimate of drug-likeness (QED) is 0.288. The fourth-order valence-corrected chi connectivity index (χ4v) is 4.10. The second-order valence-corrected chi connectivity index (χ2v) is 7.76. The number of halogens is 3. The topological polar surface area (TPSA) is 72.2 Å². The lowest BCUT2D eigenvalue weighted by Crippen LogP contribution is -2.14. The molecule has 0 aliphatic carbocycles. The SMILES string of the molecule is O=C(CSc1ccc(C(F)(F)F)cc1[N+](=O)[O-])Nc1ccccc1-c1cccs1. The van der Waals surface area contributed by atoms with Gasteiger partial charge in [-0.05, 0) is 29.6 Å². The van der Waals surface area contributed by atoms with Gasteiger partial charge in [0.05, 0.1) is 21.1 Å². The van der Waals surface area contributed by atoms with Crippen LogP contribution in [0.1, 0.15) is 5.56 Å². The van der Waals surface area contributed by atoms with Crippen LogP contribution in [0.15, 0.2) is 64.9 Å². The summed E-state index contributed by atoms with van der Waals surface area (Å²) < 4.78 is 38.3. The van der Waals surface area contributed by atoms with Crippen LogP contribution in [0.25, 0.3) is 10.4 Å². The molecule has 2 aromatic carbocycles. The molecule has 0 atom stereocenters. The van der Waals surface area contributed by atoms with E-state index in [1.165, 1.54) is 11.3 Å². The third kappa shape index (κ3) is 5.15. The van der Waals surface area contributed by atoms with E-state index in [-0.39, 0.29) is 10.6 Å². The van der Waals surface area contributed by atoms with Crippen LogP contribution in [0.2, 0.25) is 0 Å². The maximum Gasteiger partial charge on any atom is 0.416 e. The molecule has 5 nitrogen and oxygen atoms in total. The number of nitrogens with zero attached hydrogens (tertiary/aromatic N) is 1. The average Bonchev–Trinajstić information content (AvgIpc) is 3.20. The van der Waals surface area contributed by atoms with Gasteiger partial charge in [0.2, 0.25) is 5.91 Å². The average molecular weight is 438 g/mol. The zero-order chi connectivity index (χ0) is 21.0. The molecule has 0 unspecified atom stereocenters. The molecule has 29 heavy (non-hydrogen) atoms. The van der Waals surface area contributed by atoms with Crippen LogP contribution < -0.4 is 5.32 Å². The predicted molar refractivity (Wildman–Crippen MR) is 107 cm³/mol. The Bertz CT molecular complexity index is 1040. The van der Waals surface area contributed by atoms with E-state index >= 15 is 0 Å². The smallest absolute Gasteiger partial charge is 0.325 e. The number of nitro groups is 1. The summed E-state index contributed by atoms with van der Waals surface area (Å²) in [4.78, 5) is 23.5. The normalized spacial score (nSPS) is 11.3. The number of nitro benzene ring substituents is 1. The van der Waals surface area contributed by atoms with E-state index in [0.717, 1.165) is 34.3 Å². The lowest BCUT2D eigenvalue weighted by molar-refractivity contribution is -0.388. The highest BCUT2D eigenvalue weighted by Gasteiger charge is 2.33. The number of rotatable bonds is 6. The molecule has 3 rings (SSSR count). The second-order valence-electron chi connectivity index (χ2n) is 5.80. The fraction of sp³-hybridized carbons (Fsp3) is 0.105. The van der Waals surface area contributed by atoms with Crippen molar-refractivity contribution in [3.8, 4) is 10.4 Å². The number of thiophene rings is 1. The Labute approximate surface area is 171 Å². The maximum absolute atomic E-state index is 12.8. The number of alkyl halides is 3. The Hall–Kier alpha value is -2.85.